The maximum Gasteiger partial charge on any atom is 0.308 e. The van der Waals surface area contributed by atoms with Gasteiger partial charge >= 0.3 is 47.8 Å². The molecule has 0 amide bonds. The van der Waals surface area contributed by atoms with Crippen LogP contribution in [-0.4, -0.2) is 160 Å². The normalized spacial score (nSPS) is 30.0. The first-order valence-corrected chi connectivity index (χ1v) is 23.6. The van der Waals surface area contributed by atoms with E-state index >= 15 is 0 Å². The molecule has 0 spiro atoms. The molecule has 6 aliphatic heterocycles. The summed E-state index contributed by atoms with van der Waals surface area (Å²) in [5.41, 5.74) is 1.11. The van der Waals surface area contributed by atoms with Gasteiger partial charge < -0.3 is 76.4 Å². The first kappa shape index (κ1) is 56.4. The van der Waals surface area contributed by atoms with Gasteiger partial charge in [-0.25, -0.2) is 0 Å². The van der Waals surface area contributed by atoms with Crippen LogP contribution in [0.2, 0.25) is 0 Å². The number of ketones is 2. The van der Waals surface area contributed by atoms with E-state index in [0.29, 0.717) is 31.5 Å². The molecule has 0 aromatic rings. The Hall–Kier alpha value is -6.90. The number of hydrogen-bond acceptors (Lipinski definition) is 26. The molecule has 26 heteroatoms. The second kappa shape index (κ2) is 24.9. The lowest BCUT2D eigenvalue weighted by Crippen LogP contribution is -2.63. The zero-order valence-electron chi connectivity index (χ0n) is 42.1. The molecule has 0 bridgehead atoms. The summed E-state index contributed by atoms with van der Waals surface area (Å²) >= 11 is 0. The van der Waals surface area contributed by atoms with Crippen LogP contribution < -0.4 is 5.32 Å². The summed E-state index contributed by atoms with van der Waals surface area (Å²) in [5, 5.41) is 3.20. The van der Waals surface area contributed by atoms with Crippen molar-refractivity contribution in [2.24, 2.45) is 0 Å². The van der Waals surface area contributed by atoms with Crippen LogP contribution in [0, 0.1) is 0 Å². The van der Waals surface area contributed by atoms with Gasteiger partial charge in [-0.1, -0.05) is 0 Å². The summed E-state index contributed by atoms with van der Waals surface area (Å²) in [6.07, 6.45) is -16.5. The number of rotatable bonds is 16. The topological polar surface area (TPSA) is 321 Å². The Bertz CT molecular complexity index is 2390. The predicted molar refractivity (Wildman–Crippen MR) is 238 cm³/mol. The van der Waals surface area contributed by atoms with Crippen LogP contribution in [0.3, 0.4) is 0 Å². The van der Waals surface area contributed by atoms with E-state index in [4.69, 9.17) is 71.1 Å². The summed E-state index contributed by atoms with van der Waals surface area (Å²) in [5.74, 6) is -9.29. The molecule has 0 saturated carbocycles. The average molecular weight is 1050 g/mol. The zero-order chi connectivity index (χ0) is 54.1. The monoisotopic (exact) mass is 1050 g/mol. The zero-order valence-corrected chi connectivity index (χ0v) is 42.1. The molecule has 4 saturated heterocycles. The van der Waals surface area contributed by atoms with Crippen LogP contribution in [-0.2, 0) is 119 Å². The highest BCUT2D eigenvalue weighted by Crippen LogP contribution is 2.39. The van der Waals surface area contributed by atoms with Gasteiger partial charge in [-0.2, -0.15) is 0 Å². The molecule has 11 atom stereocenters. The second-order valence-corrected chi connectivity index (χ2v) is 17.7. The lowest BCUT2D eigenvalue weighted by molar-refractivity contribution is -0.300. The lowest BCUT2D eigenvalue weighted by atomic mass is 9.96. The molecule has 1 N–H and O–H groups in total. The van der Waals surface area contributed by atoms with Crippen LogP contribution in [0.1, 0.15) is 94.4 Å². The third-order valence-electron chi connectivity index (χ3n) is 11.8. The van der Waals surface area contributed by atoms with Gasteiger partial charge in [0, 0.05) is 48.5 Å². The minimum absolute atomic E-state index is 0.0363. The maximum atomic E-state index is 14.2. The summed E-state index contributed by atoms with van der Waals surface area (Å²) in [6.45, 7) is 10.4. The van der Waals surface area contributed by atoms with E-state index in [1.165, 1.54) is 13.8 Å². The minimum atomic E-state index is -1.76. The van der Waals surface area contributed by atoms with Gasteiger partial charge in [0.05, 0.1) is 19.1 Å². The molecule has 0 radical (unpaired) electrons. The summed E-state index contributed by atoms with van der Waals surface area (Å²) in [6, 6.07) is 0. The molecular formula is C48H59NO25. The minimum Gasteiger partial charge on any atom is -0.463 e. The highest BCUT2D eigenvalue weighted by atomic mass is 16.8. The molecule has 406 valence electrons. The fourth-order valence-corrected chi connectivity index (χ4v) is 8.83. The Labute approximate surface area is 423 Å². The third kappa shape index (κ3) is 14.2. The van der Waals surface area contributed by atoms with Crippen molar-refractivity contribution in [2.45, 2.75) is 162 Å². The maximum absolute atomic E-state index is 14.2. The summed E-state index contributed by atoms with van der Waals surface area (Å²) in [7, 11) is 0. The number of Topliss-reactive ketones (excluding diaryl/α,β-unsaturated/α-hetero) is 2. The Morgan fingerprint density at radius 3 is 1.35 bits per heavy atom. The van der Waals surface area contributed by atoms with E-state index < -0.39 is 152 Å². The smallest absolute Gasteiger partial charge is 0.308 e. The molecular weight excluding hydrogens is 991 g/mol. The fourth-order valence-electron chi connectivity index (χ4n) is 8.83. The Morgan fingerprint density at radius 2 is 0.919 bits per heavy atom. The van der Waals surface area contributed by atoms with Gasteiger partial charge in [-0.05, 0) is 63.8 Å². The fraction of sp³-hybridized carbons (Fsp3) is 0.625. The van der Waals surface area contributed by atoms with E-state index in [0.717, 1.165) is 54.0 Å². The molecule has 26 nitrogen and oxygen atoms in total. The van der Waals surface area contributed by atoms with Crippen molar-refractivity contribution in [3.8, 4) is 0 Å². The molecule has 6 heterocycles. The first-order valence-electron chi connectivity index (χ1n) is 23.6. The van der Waals surface area contributed by atoms with Gasteiger partial charge in [0.15, 0.2) is 35.9 Å². The number of ether oxygens (including phenoxy) is 15. The molecule has 0 aromatic heterocycles. The van der Waals surface area contributed by atoms with Crippen molar-refractivity contribution in [2.75, 3.05) is 32.9 Å². The highest BCUT2D eigenvalue weighted by Gasteiger charge is 2.56. The van der Waals surface area contributed by atoms with E-state index in [1.54, 1.807) is 0 Å². The SMILES string of the molecule is CC(=O)OC[C@H]1O[C@@H](OC2=C(C)O/C(=C3/CCOC(CC(=O)O[C@@H]4[C@@H](OC(C)=O)[C@H](OC5=C(C)OC(=C6CCNCC6)C5=O)O[C@H](COC(C)=O)[C@H]4OC(C)=O)C3)C2=O)[C@H](OC(C)=O)[C@@H](OC(C)=O)[C@@H]1OC(C)=O. The number of esters is 8. The van der Waals surface area contributed by atoms with Crippen molar-refractivity contribution in [1.82, 2.24) is 5.32 Å². The number of nitrogens with one attached hydrogen (secondary N) is 1. The Balaban J connectivity index is 1.23. The van der Waals surface area contributed by atoms with E-state index in [9.17, 15) is 47.9 Å². The van der Waals surface area contributed by atoms with Crippen LogP contribution >= 0.6 is 0 Å². The number of hydrogen-bond donors (Lipinski definition) is 1. The third-order valence-corrected chi connectivity index (χ3v) is 11.8. The van der Waals surface area contributed by atoms with Crippen molar-refractivity contribution >= 4 is 59.3 Å². The molecule has 0 aliphatic carbocycles. The highest BCUT2D eigenvalue weighted by molar-refractivity contribution is 6.09. The molecule has 4 fully saturated rings. The quantitative estimate of drug-likeness (QED) is 0.129. The number of allylic oxidation sites excluding steroid dienone is 2. The van der Waals surface area contributed by atoms with Crippen LogP contribution in [0.25, 0.3) is 0 Å². The summed E-state index contributed by atoms with van der Waals surface area (Å²) in [4.78, 5) is 128. The van der Waals surface area contributed by atoms with Gasteiger partial charge in [-0.15, -0.1) is 0 Å². The van der Waals surface area contributed by atoms with Crippen LogP contribution in [0.4, 0.5) is 0 Å². The van der Waals surface area contributed by atoms with Crippen molar-refractivity contribution in [3.63, 3.8) is 0 Å². The first-order chi connectivity index (χ1) is 35.0. The Kier molecular flexibility index (Phi) is 19.0. The van der Waals surface area contributed by atoms with Gasteiger partial charge in [-0.3, -0.25) is 47.9 Å². The summed E-state index contributed by atoms with van der Waals surface area (Å²) < 4.78 is 85.8. The van der Waals surface area contributed by atoms with Crippen molar-refractivity contribution < 1.29 is 119 Å². The average Bonchev–Trinajstić information content (AvgIpc) is 3.76. The van der Waals surface area contributed by atoms with Gasteiger partial charge in [0.1, 0.15) is 36.9 Å². The molecule has 74 heavy (non-hydrogen) atoms. The molecule has 0 aromatic carbocycles. The molecule has 6 aliphatic rings. The van der Waals surface area contributed by atoms with Crippen molar-refractivity contribution in [3.05, 3.63) is 45.7 Å². The second-order valence-electron chi connectivity index (χ2n) is 17.7. The van der Waals surface area contributed by atoms with E-state index in [-0.39, 0.29) is 48.2 Å². The van der Waals surface area contributed by atoms with E-state index in [1.807, 2.05) is 0 Å². The number of carbonyl (C=O) groups excluding carboxylic acids is 10. The molecule has 1 unspecified atom stereocenters. The molecule has 6 rings (SSSR count). The Morgan fingerprint density at radius 1 is 0.514 bits per heavy atom. The predicted octanol–water partition coefficient (Wildman–Crippen LogP) is 1.29. The van der Waals surface area contributed by atoms with Crippen LogP contribution in [0.5, 0.6) is 0 Å². The van der Waals surface area contributed by atoms with Gasteiger partial charge in [0.25, 0.3) is 11.6 Å². The van der Waals surface area contributed by atoms with E-state index in [2.05, 4.69) is 5.32 Å². The number of carbonyl (C=O) groups is 10. The van der Waals surface area contributed by atoms with Crippen molar-refractivity contribution in [1.29, 1.82) is 0 Å². The largest absolute Gasteiger partial charge is 0.463 e. The standard InChI is InChI=1S/C48H59NO25/c1-20-37(35(58)39(63-20)29-10-13-49-14-11-29)73-48-46(69-28(9)56)44(42(66-25(6)53)33(71-48)19-62-23(4)51)72-34(57)17-31-16-30(12-15-60-31)40-36(59)38(21(2)64-40)74-47-45(68-27(8)55)43(67-26(7)54)41(65-24(5)52)32(70-47)18-61-22(3)50/h31-33,41-49H,10-19H2,1-9H3/b40-30-/t31?,32-,33-,41-,42-,43+,44+,45-,46-,47+,48+/m1/s1. The van der Waals surface area contributed by atoms with Crippen LogP contribution in [0.15, 0.2) is 45.7 Å². The number of piperidine rings is 1. The van der Waals surface area contributed by atoms with Gasteiger partial charge in [0.2, 0.25) is 36.3 Å². The lowest BCUT2D eigenvalue weighted by Gasteiger charge is -2.44.